The lowest BCUT2D eigenvalue weighted by Crippen LogP contribution is -2.17. The predicted octanol–water partition coefficient (Wildman–Crippen LogP) is 3.70. The zero-order chi connectivity index (χ0) is 17.2. The zero-order valence-electron chi connectivity index (χ0n) is 13.8. The summed E-state index contributed by atoms with van der Waals surface area (Å²) in [6, 6.07) is 19.5. The highest BCUT2D eigenvalue weighted by Crippen LogP contribution is 2.27. The number of fused-ring (bicyclic) bond motifs is 1. The fraction of sp³-hybridized carbons (Fsp3) is 0.100. The van der Waals surface area contributed by atoms with E-state index in [0.29, 0.717) is 17.9 Å². The first-order valence-corrected chi connectivity index (χ1v) is 8.06. The molecule has 0 aliphatic heterocycles. The van der Waals surface area contributed by atoms with E-state index in [1.165, 1.54) is 5.56 Å². The normalized spacial score (nSPS) is 10.9. The molecule has 0 atom stereocenters. The molecule has 4 aromatic rings. The van der Waals surface area contributed by atoms with Crippen LogP contribution in [0.4, 0.5) is 0 Å². The lowest BCUT2D eigenvalue weighted by Gasteiger charge is -2.08. The lowest BCUT2D eigenvalue weighted by atomic mass is 10.2. The van der Waals surface area contributed by atoms with Crippen LogP contribution in [0.2, 0.25) is 0 Å². The van der Waals surface area contributed by atoms with Crippen molar-refractivity contribution in [2.45, 2.75) is 6.54 Å². The average molecular weight is 331 g/mol. The van der Waals surface area contributed by atoms with Crippen molar-refractivity contribution < 1.29 is 9.21 Å². The number of furan rings is 1. The average Bonchev–Trinajstić information content (AvgIpc) is 3.29. The fourth-order valence-corrected chi connectivity index (χ4v) is 2.94. The van der Waals surface area contributed by atoms with E-state index in [1.807, 2.05) is 48.5 Å². The van der Waals surface area contributed by atoms with Gasteiger partial charge in [0.05, 0.1) is 17.3 Å². The van der Waals surface area contributed by atoms with E-state index in [4.69, 9.17) is 9.40 Å². The van der Waals surface area contributed by atoms with Crippen LogP contribution in [-0.4, -0.2) is 22.5 Å². The molecule has 0 spiro atoms. The van der Waals surface area contributed by atoms with Crippen LogP contribution >= 0.6 is 0 Å². The molecule has 0 bridgehead atoms. The third-order valence-electron chi connectivity index (χ3n) is 4.16. The Labute approximate surface area is 144 Å². The highest BCUT2D eigenvalue weighted by Gasteiger charge is 2.16. The number of nitrogens with one attached hydrogen (secondary N) is 1. The van der Waals surface area contributed by atoms with Crippen LogP contribution < -0.4 is 5.32 Å². The minimum atomic E-state index is -0.126. The second-order valence-corrected chi connectivity index (χ2v) is 5.77. The zero-order valence-corrected chi connectivity index (χ0v) is 13.8. The molecule has 4 rings (SSSR count). The van der Waals surface area contributed by atoms with E-state index in [9.17, 15) is 4.79 Å². The number of imidazole rings is 1. The SMILES string of the molecule is CNC(=O)c1ccc2c(c1)nc(-c1ccco1)n2Cc1ccccc1. The molecule has 2 heterocycles. The first-order chi connectivity index (χ1) is 12.3. The van der Waals surface area contributed by atoms with Gasteiger partial charge in [0.15, 0.2) is 11.6 Å². The van der Waals surface area contributed by atoms with Crippen molar-refractivity contribution in [2.75, 3.05) is 7.05 Å². The molecule has 5 heteroatoms. The molecule has 1 amide bonds. The molecule has 1 N–H and O–H groups in total. The van der Waals surface area contributed by atoms with E-state index in [0.717, 1.165) is 16.9 Å². The molecule has 0 saturated heterocycles. The van der Waals surface area contributed by atoms with Gasteiger partial charge in [0.2, 0.25) is 0 Å². The Morgan fingerprint density at radius 2 is 1.96 bits per heavy atom. The van der Waals surface area contributed by atoms with Gasteiger partial charge in [-0.05, 0) is 35.9 Å². The van der Waals surface area contributed by atoms with Crippen LogP contribution in [0.5, 0.6) is 0 Å². The monoisotopic (exact) mass is 331 g/mol. The summed E-state index contributed by atoms with van der Waals surface area (Å²) in [6.07, 6.45) is 1.64. The Hall–Kier alpha value is -3.34. The van der Waals surface area contributed by atoms with Crippen molar-refractivity contribution >= 4 is 16.9 Å². The molecule has 0 aliphatic carbocycles. The van der Waals surface area contributed by atoms with Gasteiger partial charge >= 0.3 is 0 Å². The number of rotatable bonds is 4. The highest BCUT2D eigenvalue weighted by atomic mass is 16.3. The molecule has 0 aliphatic rings. The number of amides is 1. The maximum atomic E-state index is 11.9. The first kappa shape index (κ1) is 15.2. The number of carbonyl (C=O) groups is 1. The number of carbonyl (C=O) groups excluding carboxylic acids is 1. The molecule has 0 unspecified atom stereocenters. The molecule has 2 aromatic carbocycles. The van der Waals surface area contributed by atoms with Crippen molar-refractivity contribution in [3.8, 4) is 11.6 Å². The molecule has 2 aromatic heterocycles. The number of hydrogen-bond donors (Lipinski definition) is 1. The molecule has 124 valence electrons. The van der Waals surface area contributed by atoms with Crippen LogP contribution in [0.15, 0.2) is 71.3 Å². The van der Waals surface area contributed by atoms with Crippen molar-refractivity contribution in [3.05, 3.63) is 78.1 Å². The van der Waals surface area contributed by atoms with Crippen LogP contribution in [0, 0.1) is 0 Å². The Bertz CT molecular complexity index is 1020. The molecule has 5 nitrogen and oxygen atoms in total. The number of aromatic nitrogens is 2. The van der Waals surface area contributed by atoms with Gasteiger partial charge in [-0.1, -0.05) is 30.3 Å². The van der Waals surface area contributed by atoms with E-state index in [-0.39, 0.29) is 5.91 Å². The third-order valence-corrected chi connectivity index (χ3v) is 4.16. The summed E-state index contributed by atoms with van der Waals surface area (Å²) in [6.45, 7) is 0.673. The Kier molecular flexibility index (Phi) is 3.82. The summed E-state index contributed by atoms with van der Waals surface area (Å²) in [5, 5.41) is 2.64. The maximum absolute atomic E-state index is 11.9. The van der Waals surface area contributed by atoms with Gasteiger partial charge in [-0.3, -0.25) is 4.79 Å². The second kappa shape index (κ2) is 6.28. The molecule has 0 radical (unpaired) electrons. The van der Waals surface area contributed by atoms with Crippen molar-refractivity contribution in [2.24, 2.45) is 0 Å². The van der Waals surface area contributed by atoms with Crippen molar-refractivity contribution in [1.29, 1.82) is 0 Å². The van der Waals surface area contributed by atoms with Crippen LogP contribution in [0.1, 0.15) is 15.9 Å². The van der Waals surface area contributed by atoms with E-state index < -0.39 is 0 Å². The Balaban J connectivity index is 1.88. The summed E-state index contributed by atoms with van der Waals surface area (Å²) < 4.78 is 7.67. The van der Waals surface area contributed by atoms with Crippen LogP contribution in [0.3, 0.4) is 0 Å². The quantitative estimate of drug-likeness (QED) is 0.620. The van der Waals surface area contributed by atoms with Crippen molar-refractivity contribution in [1.82, 2.24) is 14.9 Å². The summed E-state index contributed by atoms with van der Waals surface area (Å²) in [5.41, 5.74) is 3.49. The highest BCUT2D eigenvalue weighted by molar-refractivity contribution is 5.97. The summed E-state index contributed by atoms with van der Waals surface area (Å²) in [7, 11) is 1.62. The minimum Gasteiger partial charge on any atom is -0.461 e. The predicted molar refractivity (Wildman–Crippen MR) is 96.4 cm³/mol. The van der Waals surface area contributed by atoms with Gasteiger partial charge in [-0.15, -0.1) is 0 Å². The first-order valence-electron chi connectivity index (χ1n) is 8.06. The summed E-state index contributed by atoms with van der Waals surface area (Å²) in [5.74, 6) is 1.32. The number of hydrogen-bond acceptors (Lipinski definition) is 3. The smallest absolute Gasteiger partial charge is 0.251 e. The topological polar surface area (TPSA) is 60.1 Å². The molecule has 0 saturated carbocycles. The van der Waals surface area contributed by atoms with Gasteiger partial charge in [-0.25, -0.2) is 4.98 Å². The Morgan fingerprint density at radius 1 is 1.12 bits per heavy atom. The van der Waals surface area contributed by atoms with E-state index in [2.05, 4.69) is 22.0 Å². The second-order valence-electron chi connectivity index (χ2n) is 5.77. The molecular formula is C20H17N3O2. The molecule has 25 heavy (non-hydrogen) atoms. The largest absolute Gasteiger partial charge is 0.461 e. The van der Waals surface area contributed by atoms with Crippen LogP contribution in [-0.2, 0) is 6.54 Å². The number of nitrogens with zero attached hydrogens (tertiary/aromatic N) is 2. The lowest BCUT2D eigenvalue weighted by molar-refractivity contribution is 0.0963. The van der Waals surface area contributed by atoms with Crippen molar-refractivity contribution in [3.63, 3.8) is 0 Å². The molecule has 0 fully saturated rings. The molecular weight excluding hydrogens is 314 g/mol. The minimum absolute atomic E-state index is 0.126. The fourth-order valence-electron chi connectivity index (χ4n) is 2.94. The van der Waals surface area contributed by atoms with Gasteiger partial charge in [0.1, 0.15) is 0 Å². The Morgan fingerprint density at radius 3 is 2.68 bits per heavy atom. The summed E-state index contributed by atoms with van der Waals surface area (Å²) in [4.78, 5) is 16.6. The summed E-state index contributed by atoms with van der Waals surface area (Å²) >= 11 is 0. The third kappa shape index (κ3) is 2.80. The van der Waals surface area contributed by atoms with Gasteiger partial charge in [0.25, 0.3) is 5.91 Å². The number of benzene rings is 2. The van der Waals surface area contributed by atoms with E-state index >= 15 is 0 Å². The van der Waals surface area contributed by atoms with Gasteiger partial charge < -0.3 is 14.3 Å². The van der Waals surface area contributed by atoms with Gasteiger partial charge in [0, 0.05) is 19.2 Å². The standard InChI is InChI=1S/C20H17N3O2/c1-21-20(24)15-9-10-17-16(12-15)22-19(18-8-5-11-25-18)23(17)13-14-6-3-2-4-7-14/h2-12H,13H2,1H3,(H,21,24). The van der Waals surface area contributed by atoms with Gasteiger partial charge in [-0.2, -0.15) is 0 Å². The van der Waals surface area contributed by atoms with E-state index in [1.54, 1.807) is 13.3 Å². The van der Waals surface area contributed by atoms with Crippen LogP contribution in [0.25, 0.3) is 22.6 Å². The maximum Gasteiger partial charge on any atom is 0.251 e.